The van der Waals surface area contributed by atoms with Crippen LogP contribution in [0.5, 0.6) is 5.75 Å². The van der Waals surface area contributed by atoms with Gasteiger partial charge in [-0.25, -0.2) is 4.98 Å². The number of fused-ring (bicyclic) bond motifs is 2. The maximum atomic E-state index is 12.4. The van der Waals surface area contributed by atoms with E-state index in [9.17, 15) is 4.79 Å². The zero-order valence-electron chi connectivity index (χ0n) is 12.7. The Labute approximate surface area is 138 Å². The summed E-state index contributed by atoms with van der Waals surface area (Å²) in [5, 5.41) is 3.94. The van der Waals surface area contributed by atoms with E-state index in [1.807, 2.05) is 37.4 Å². The van der Waals surface area contributed by atoms with Crippen molar-refractivity contribution in [3.8, 4) is 5.75 Å². The predicted octanol–water partition coefficient (Wildman–Crippen LogP) is 3.26. The van der Waals surface area contributed by atoms with E-state index in [4.69, 9.17) is 4.74 Å². The topological polar surface area (TPSA) is 51.2 Å². The number of benzene rings is 2. The summed E-state index contributed by atoms with van der Waals surface area (Å²) in [5.74, 6) is 0.160. The average Bonchev–Trinajstić information content (AvgIpc) is 2.98. The summed E-state index contributed by atoms with van der Waals surface area (Å²) < 4.78 is 6.68. The number of aromatic nitrogens is 1. The van der Waals surface area contributed by atoms with Crippen molar-refractivity contribution < 1.29 is 9.53 Å². The molecule has 0 bridgehead atoms. The lowest BCUT2D eigenvalue weighted by Gasteiger charge is -2.22. The van der Waals surface area contributed by atoms with Crippen molar-refractivity contribution in [2.75, 3.05) is 7.05 Å². The summed E-state index contributed by atoms with van der Waals surface area (Å²) in [7, 11) is 1.90. The normalized spacial score (nSPS) is 17.1. The highest BCUT2D eigenvalue weighted by Gasteiger charge is 2.32. The number of carbonyl (C=O) groups is 1. The molecule has 1 aromatic heterocycles. The minimum atomic E-state index is -0.310. The lowest BCUT2D eigenvalue weighted by molar-refractivity contribution is -0.137. The highest BCUT2D eigenvalue weighted by molar-refractivity contribution is 7.18. The second-order valence-corrected chi connectivity index (χ2v) is 6.73. The molecule has 0 amide bonds. The van der Waals surface area contributed by atoms with Crippen LogP contribution in [0.15, 0.2) is 42.5 Å². The van der Waals surface area contributed by atoms with Gasteiger partial charge >= 0.3 is 5.97 Å². The Morgan fingerprint density at radius 3 is 3.00 bits per heavy atom. The molecule has 23 heavy (non-hydrogen) atoms. The van der Waals surface area contributed by atoms with Crippen LogP contribution in [0.25, 0.3) is 10.2 Å². The van der Waals surface area contributed by atoms with Gasteiger partial charge in [-0.3, -0.25) is 4.79 Å². The maximum Gasteiger partial charge on any atom is 0.321 e. The predicted molar refractivity (Wildman–Crippen MR) is 90.9 cm³/mol. The summed E-state index contributed by atoms with van der Waals surface area (Å²) in [6.45, 7) is 0.756. The molecule has 1 unspecified atom stereocenters. The Hall–Kier alpha value is -2.24. The van der Waals surface area contributed by atoms with Gasteiger partial charge in [0.15, 0.2) is 0 Å². The standard InChI is InChI=1S/C18H16N2O2S/c1-19-10-11-6-7-12-9-13(18(21)22-15(12)8-11)17-20-14-4-2-3-5-16(14)23-17/h2-8,13,19H,9-10H2,1H3. The molecule has 5 heteroatoms. The molecule has 1 N–H and O–H groups in total. The number of para-hydroxylation sites is 1. The molecule has 4 nitrogen and oxygen atoms in total. The molecule has 116 valence electrons. The third kappa shape index (κ3) is 2.62. The Morgan fingerprint density at radius 1 is 1.30 bits per heavy atom. The van der Waals surface area contributed by atoms with Crippen molar-refractivity contribution in [2.45, 2.75) is 18.9 Å². The summed E-state index contributed by atoms with van der Waals surface area (Å²) in [6.07, 6.45) is 0.647. The van der Waals surface area contributed by atoms with Gasteiger partial charge in [0.2, 0.25) is 0 Å². The van der Waals surface area contributed by atoms with E-state index in [1.54, 1.807) is 11.3 Å². The van der Waals surface area contributed by atoms with Crippen molar-refractivity contribution in [2.24, 2.45) is 0 Å². The fraction of sp³-hybridized carbons (Fsp3) is 0.222. The van der Waals surface area contributed by atoms with Crippen LogP contribution in [0.3, 0.4) is 0 Å². The van der Waals surface area contributed by atoms with E-state index in [2.05, 4.69) is 22.4 Å². The van der Waals surface area contributed by atoms with Crippen LogP contribution in [0.1, 0.15) is 22.1 Å². The first-order valence-electron chi connectivity index (χ1n) is 7.58. The molecule has 0 fully saturated rings. The molecule has 0 saturated carbocycles. The molecular formula is C18H16N2O2S. The zero-order chi connectivity index (χ0) is 15.8. The molecule has 1 aliphatic rings. The van der Waals surface area contributed by atoms with Crippen LogP contribution in [0.4, 0.5) is 0 Å². The van der Waals surface area contributed by atoms with Crippen molar-refractivity contribution in [3.05, 3.63) is 58.6 Å². The first-order valence-corrected chi connectivity index (χ1v) is 8.40. The first kappa shape index (κ1) is 14.4. The largest absolute Gasteiger partial charge is 0.426 e. The molecule has 0 radical (unpaired) electrons. The number of nitrogens with one attached hydrogen (secondary N) is 1. The van der Waals surface area contributed by atoms with Crippen LogP contribution in [0, 0.1) is 0 Å². The highest BCUT2D eigenvalue weighted by Crippen LogP contribution is 2.36. The van der Waals surface area contributed by atoms with E-state index in [0.29, 0.717) is 12.2 Å². The van der Waals surface area contributed by atoms with Crippen LogP contribution in [-0.2, 0) is 17.8 Å². The number of ether oxygens (including phenoxy) is 1. The molecule has 2 heterocycles. The number of thiazole rings is 1. The number of rotatable bonds is 3. The molecule has 0 aliphatic carbocycles. The van der Waals surface area contributed by atoms with E-state index in [1.165, 1.54) is 0 Å². The van der Waals surface area contributed by atoms with Crippen LogP contribution in [0.2, 0.25) is 0 Å². The second kappa shape index (κ2) is 5.76. The Bertz CT molecular complexity index is 855. The Kier molecular flexibility index (Phi) is 3.59. The summed E-state index contributed by atoms with van der Waals surface area (Å²) in [4.78, 5) is 17.0. The molecule has 1 aliphatic heterocycles. The minimum Gasteiger partial charge on any atom is -0.426 e. The van der Waals surface area contributed by atoms with Gasteiger partial charge < -0.3 is 10.1 Å². The number of carbonyl (C=O) groups excluding carboxylic acids is 1. The molecule has 0 spiro atoms. The van der Waals surface area contributed by atoms with E-state index >= 15 is 0 Å². The van der Waals surface area contributed by atoms with Gasteiger partial charge in [-0.2, -0.15) is 0 Å². The number of hydrogen-bond acceptors (Lipinski definition) is 5. The van der Waals surface area contributed by atoms with Crippen molar-refractivity contribution >= 4 is 27.5 Å². The Morgan fingerprint density at radius 2 is 2.17 bits per heavy atom. The molecule has 0 saturated heterocycles. The first-order chi connectivity index (χ1) is 11.2. The van der Waals surface area contributed by atoms with E-state index in [0.717, 1.165) is 32.9 Å². The van der Waals surface area contributed by atoms with Gasteiger partial charge in [0.05, 0.1) is 10.2 Å². The molecule has 1 atom stereocenters. The van der Waals surface area contributed by atoms with Gasteiger partial charge in [0.1, 0.15) is 16.7 Å². The Balaban J connectivity index is 1.68. The molecular weight excluding hydrogens is 308 g/mol. The number of nitrogens with zero attached hydrogens (tertiary/aromatic N) is 1. The highest BCUT2D eigenvalue weighted by atomic mass is 32.1. The number of esters is 1. The average molecular weight is 324 g/mol. The SMILES string of the molecule is CNCc1ccc2c(c1)OC(=O)C(c1nc3ccccc3s1)C2. The van der Waals surface area contributed by atoms with Crippen molar-refractivity contribution in [3.63, 3.8) is 0 Å². The van der Waals surface area contributed by atoms with Gasteiger partial charge in [-0.05, 0) is 42.8 Å². The molecule has 3 aromatic rings. The quantitative estimate of drug-likeness (QED) is 0.593. The fourth-order valence-corrected chi connectivity index (χ4v) is 3.94. The second-order valence-electron chi connectivity index (χ2n) is 5.67. The lowest BCUT2D eigenvalue weighted by atomic mass is 9.95. The van der Waals surface area contributed by atoms with Crippen molar-refractivity contribution in [1.29, 1.82) is 0 Å². The van der Waals surface area contributed by atoms with E-state index < -0.39 is 0 Å². The summed E-state index contributed by atoms with van der Waals surface area (Å²) in [5.41, 5.74) is 3.11. The third-order valence-electron chi connectivity index (χ3n) is 4.04. The monoisotopic (exact) mass is 324 g/mol. The van der Waals surface area contributed by atoms with Gasteiger partial charge in [-0.15, -0.1) is 11.3 Å². The summed E-state index contributed by atoms with van der Waals surface area (Å²) >= 11 is 1.57. The summed E-state index contributed by atoms with van der Waals surface area (Å²) in [6, 6.07) is 14.0. The van der Waals surface area contributed by atoms with Gasteiger partial charge in [-0.1, -0.05) is 24.3 Å². The van der Waals surface area contributed by atoms with E-state index in [-0.39, 0.29) is 11.9 Å². The lowest BCUT2D eigenvalue weighted by Crippen LogP contribution is -2.26. The van der Waals surface area contributed by atoms with Gasteiger partial charge in [0.25, 0.3) is 0 Å². The fourth-order valence-electron chi connectivity index (χ4n) is 2.89. The zero-order valence-corrected chi connectivity index (χ0v) is 13.5. The third-order valence-corrected chi connectivity index (χ3v) is 5.19. The number of hydrogen-bond donors (Lipinski definition) is 1. The van der Waals surface area contributed by atoms with Gasteiger partial charge in [0, 0.05) is 6.54 Å². The van der Waals surface area contributed by atoms with Crippen LogP contribution in [-0.4, -0.2) is 18.0 Å². The minimum absolute atomic E-state index is 0.210. The smallest absolute Gasteiger partial charge is 0.321 e. The van der Waals surface area contributed by atoms with Crippen molar-refractivity contribution in [1.82, 2.24) is 10.3 Å². The molecule has 4 rings (SSSR count). The van der Waals surface area contributed by atoms with Crippen LogP contribution < -0.4 is 10.1 Å². The van der Waals surface area contributed by atoms with Crippen LogP contribution >= 0.6 is 11.3 Å². The molecule has 2 aromatic carbocycles. The maximum absolute atomic E-state index is 12.4.